The van der Waals surface area contributed by atoms with Crippen molar-refractivity contribution in [1.29, 1.82) is 0 Å². The first-order valence-electron chi connectivity index (χ1n) is 4.61. The van der Waals surface area contributed by atoms with Crippen LogP contribution in [0.4, 0.5) is 0 Å². The summed E-state index contributed by atoms with van der Waals surface area (Å²) in [7, 11) is 0. The van der Waals surface area contributed by atoms with Crippen molar-refractivity contribution in [1.82, 2.24) is 0 Å². The lowest BCUT2D eigenvalue weighted by molar-refractivity contribution is 0.109. The van der Waals surface area contributed by atoms with Gasteiger partial charge in [-0.1, -0.05) is 13.8 Å². The highest BCUT2D eigenvalue weighted by molar-refractivity contribution is 8.03. The van der Waals surface area contributed by atoms with E-state index in [2.05, 4.69) is 0 Å². The first kappa shape index (κ1) is 12.8. The van der Waals surface area contributed by atoms with E-state index >= 15 is 0 Å². The number of carbonyl (C=O) groups is 2. The fraction of sp³-hybridized carbons (Fsp3) is 0.400. The zero-order valence-corrected chi connectivity index (χ0v) is 11.1. The third-order valence-corrected chi connectivity index (χ3v) is 5.26. The maximum absolute atomic E-state index is 10.9. The van der Waals surface area contributed by atoms with E-state index in [9.17, 15) is 9.59 Å². The average molecular weight is 260 g/mol. The first-order chi connectivity index (χ1) is 7.28. The van der Waals surface area contributed by atoms with Crippen molar-refractivity contribution in [2.24, 2.45) is 0 Å². The summed E-state index contributed by atoms with van der Waals surface area (Å²) >= 11 is 4.78. The van der Waals surface area contributed by atoms with Crippen LogP contribution in [0.1, 0.15) is 34.6 Å². The van der Waals surface area contributed by atoms with Crippen molar-refractivity contribution in [3.05, 3.63) is 11.1 Å². The van der Waals surface area contributed by atoms with Gasteiger partial charge in [-0.15, -0.1) is 34.9 Å². The minimum Gasteiger partial charge on any atom is -0.298 e. The Kier molecular flexibility index (Phi) is 5.42. The van der Waals surface area contributed by atoms with Gasteiger partial charge in [-0.05, 0) is 11.5 Å². The lowest BCUT2D eigenvalue weighted by Gasteiger charge is -1.93. The maximum Gasteiger partial charge on any atom is 0.152 e. The van der Waals surface area contributed by atoms with Crippen molar-refractivity contribution in [2.45, 2.75) is 22.3 Å². The minimum absolute atomic E-state index is 0.567. The van der Waals surface area contributed by atoms with Crippen LogP contribution in [0.2, 0.25) is 0 Å². The van der Waals surface area contributed by atoms with Crippen LogP contribution < -0.4 is 0 Å². The number of aldehydes is 2. The molecule has 82 valence electrons. The SMILES string of the molecule is CCSc1sc(SCC)c(C=O)c1C=O. The normalized spacial score (nSPS) is 10.3. The predicted molar refractivity (Wildman–Crippen MR) is 67.9 cm³/mol. The lowest BCUT2D eigenvalue weighted by Crippen LogP contribution is -1.88. The largest absolute Gasteiger partial charge is 0.298 e. The quantitative estimate of drug-likeness (QED) is 0.578. The average Bonchev–Trinajstić information content (AvgIpc) is 2.56. The lowest BCUT2D eigenvalue weighted by atomic mass is 10.2. The molecule has 1 rings (SSSR count). The number of thiophene rings is 1. The van der Waals surface area contributed by atoms with Crippen molar-refractivity contribution in [3.63, 3.8) is 0 Å². The van der Waals surface area contributed by atoms with Gasteiger partial charge in [0.2, 0.25) is 0 Å². The molecule has 0 saturated heterocycles. The Morgan fingerprint density at radius 3 is 1.67 bits per heavy atom. The van der Waals surface area contributed by atoms with E-state index in [-0.39, 0.29) is 0 Å². The predicted octanol–water partition coefficient (Wildman–Crippen LogP) is 3.60. The third kappa shape index (κ3) is 2.86. The van der Waals surface area contributed by atoms with Gasteiger partial charge < -0.3 is 0 Å². The summed E-state index contributed by atoms with van der Waals surface area (Å²) < 4.78 is 1.93. The molecule has 0 amide bonds. The third-order valence-electron chi connectivity index (χ3n) is 1.70. The molecule has 0 unspecified atom stereocenters. The molecule has 0 aliphatic carbocycles. The van der Waals surface area contributed by atoms with Crippen LogP contribution in [0.25, 0.3) is 0 Å². The molecule has 15 heavy (non-hydrogen) atoms. The van der Waals surface area contributed by atoms with Crippen LogP contribution in [0, 0.1) is 0 Å². The molecule has 1 aromatic heterocycles. The molecule has 1 aromatic rings. The van der Waals surface area contributed by atoms with Crippen LogP contribution in [-0.4, -0.2) is 24.1 Å². The van der Waals surface area contributed by atoms with Crippen LogP contribution >= 0.6 is 34.9 Å². The van der Waals surface area contributed by atoms with Gasteiger partial charge in [0.25, 0.3) is 0 Å². The zero-order valence-electron chi connectivity index (χ0n) is 8.61. The highest BCUT2D eigenvalue weighted by Crippen LogP contribution is 2.39. The standard InChI is InChI=1S/C10H12O2S3/c1-3-13-9-7(5-11)8(6-12)10(15-9)14-4-2/h5-6H,3-4H2,1-2H3. The second-order valence-electron chi connectivity index (χ2n) is 2.61. The van der Waals surface area contributed by atoms with Crippen molar-refractivity contribution in [2.75, 3.05) is 11.5 Å². The van der Waals surface area contributed by atoms with Gasteiger partial charge in [-0.25, -0.2) is 0 Å². The Balaban J connectivity index is 3.17. The molecule has 0 atom stereocenters. The van der Waals surface area contributed by atoms with Gasteiger partial charge in [0.15, 0.2) is 12.6 Å². The van der Waals surface area contributed by atoms with Gasteiger partial charge in [0.05, 0.1) is 19.5 Å². The van der Waals surface area contributed by atoms with E-state index in [1.54, 1.807) is 34.9 Å². The number of hydrogen-bond donors (Lipinski definition) is 0. The molecule has 0 fully saturated rings. The molecule has 0 aliphatic rings. The molecule has 2 nitrogen and oxygen atoms in total. The van der Waals surface area contributed by atoms with Crippen LogP contribution in [0.3, 0.4) is 0 Å². The van der Waals surface area contributed by atoms with E-state index in [4.69, 9.17) is 0 Å². The van der Waals surface area contributed by atoms with Gasteiger partial charge in [-0.2, -0.15) is 0 Å². The smallest absolute Gasteiger partial charge is 0.152 e. The Morgan fingerprint density at radius 2 is 1.40 bits per heavy atom. The number of thioether (sulfide) groups is 2. The van der Waals surface area contributed by atoms with Crippen molar-refractivity contribution < 1.29 is 9.59 Å². The minimum atomic E-state index is 0.567. The van der Waals surface area contributed by atoms with Crippen molar-refractivity contribution in [3.8, 4) is 0 Å². The monoisotopic (exact) mass is 260 g/mol. The molecule has 0 N–H and O–H groups in total. The topological polar surface area (TPSA) is 34.1 Å². The molecule has 1 heterocycles. The van der Waals surface area contributed by atoms with E-state index in [0.717, 1.165) is 32.5 Å². The van der Waals surface area contributed by atoms with Crippen LogP contribution in [-0.2, 0) is 0 Å². The molecular formula is C10H12O2S3. The summed E-state index contributed by atoms with van der Waals surface area (Å²) in [4.78, 5) is 21.8. The maximum atomic E-state index is 10.9. The fourth-order valence-corrected chi connectivity index (χ4v) is 4.81. The van der Waals surface area contributed by atoms with E-state index in [1.165, 1.54) is 0 Å². The Hall–Kier alpha value is -0.260. The second kappa shape index (κ2) is 6.35. The van der Waals surface area contributed by atoms with Crippen LogP contribution in [0.5, 0.6) is 0 Å². The molecule has 0 spiro atoms. The van der Waals surface area contributed by atoms with E-state index in [1.807, 2.05) is 13.8 Å². The summed E-state index contributed by atoms with van der Waals surface area (Å²) in [6.07, 6.45) is 1.58. The molecule has 5 heteroatoms. The van der Waals surface area contributed by atoms with Crippen molar-refractivity contribution >= 4 is 47.4 Å². The molecule has 0 saturated carbocycles. The summed E-state index contributed by atoms with van der Waals surface area (Å²) in [6.45, 7) is 4.07. The van der Waals surface area contributed by atoms with E-state index in [0.29, 0.717) is 11.1 Å². The number of carbonyl (C=O) groups excluding carboxylic acids is 2. The first-order valence-corrected chi connectivity index (χ1v) is 7.39. The summed E-state index contributed by atoms with van der Waals surface area (Å²) in [6, 6.07) is 0. The van der Waals surface area contributed by atoms with Gasteiger partial charge in [0.1, 0.15) is 0 Å². The fourth-order valence-electron chi connectivity index (χ4n) is 1.11. The second-order valence-corrected chi connectivity index (χ2v) is 6.69. The molecular weight excluding hydrogens is 248 g/mol. The van der Waals surface area contributed by atoms with Gasteiger partial charge in [-0.3, -0.25) is 9.59 Å². The van der Waals surface area contributed by atoms with Crippen LogP contribution in [0.15, 0.2) is 8.42 Å². The highest BCUT2D eigenvalue weighted by Gasteiger charge is 2.17. The molecule has 0 aromatic carbocycles. The Bertz CT molecular complexity index is 325. The number of hydrogen-bond acceptors (Lipinski definition) is 5. The highest BCUT2D eigenvalue weighted by atomic mass is 32.2. The Morgan fingerprint density at radius 1 is 1.00 bits per heavy atom. The molecule has 0 radical (unpaired) electrons. The summed E-state index contributed by atoms with van der Waals surface area (Å²) in [5, 5.41) is 0. The zero-order chi connectivity index (χ0) is 11.3. The Labute approximate surface area is 102 Å². The number of rotatable bonds is 6. The summed E-state index contributed by atoms with van der Waals surface area (Å²) in [5.41, 5.74) is 1.13. The molecule has 0 bridgehead atoms. The molecule has 0 aliphatic heterocycles. The van der Waals surface area contributed by atoms with Gasteiger partial charge in [0, 0.05) is 0 Å². The van der Waals surface area contributed by atoms with E-state index < -0.39 is 0 Å². The van der Waals surface area contributed by atoms with Gasteiger partial charge >= 0.3 is 0 Å². The summed E-state index contributed by atoms with van der Waals surface area (Å²) in [5.74, 6) is 1.83.